The van der Waals surface area contributed by atoms with Crippen molar-refractivity contribution >= 4 is 10.0 Å². The van der Waals surface area contributed by atoms with Crippen molar-refractivity contribution in [2.45, 2.75) is 31.0 Å². The Morgan fingerprint density at radius 3 is 2.08 bits per heavy atom. The van der Waals surface area contributed by atoms with Gasteiger partial charge in [0, 0.05) is 6.54 Å². The van der Waals surface area contributed by atoms with Crippen LogP contribution >= 0.6 is 0 Å². The summed E-state index contributed by atoms with van der Waals surface area (Å²) in [6, 6.07) is 1.08. The molecule has 136 valence electrons. The summed E-state index contributed by atoms with van der Waals surface area (Å²) in [6.07, 6.45) is -2.98. The number of hydrogen-bond acceptors (Lipinski definition) is 4. The molecule has 2 aromatic rings. The maximum absolute atomic E-state index is 13.6. The van der Waals surface area contributed by atoms with Gasteiger partial charge in [0.25, 0.3) is 0 Å². The maximum atomic E-state index is 13.6. The van der Waals surface area contributed by atoms with E-state index >= 15 is 0 Å². The maximum Gasteiger partial charge on any atom is 0.409 e. The van der Waals surface area contributed by atoms with Crippen LogP contribution in [0.5, 0.6) is 0 Å². The number of alkyl halides is 3. The first-order chi connectivity index (χ1) is 11.6. The molecule has 0 spiro atoms. The Morgan fingerprint density at radius 2 is 1.64 bits per heavy atom. The fourth-order valence-electron chi connectivity index (χ4n) is 2.30. The van der Waals surface area contributed by atoms with Gasteiger partial charge < -0.3 is 0 Å². The Bertz CT molecular complexity index is 821. The summed E-state index contributed by atoms with van der Waals surface area (Å²) in [4.78, 5) is 6.99. The lowest BCUT2D eigenvalue weighted by Crippen LogP contribution is -2.42. The molecule has 0 aliphatic rings. The van der Waals surface area contributed by atoms with Crippen molar-refractivity contribution in [3.8, 4) is 0 Å². The van der Waals surface area contributed by atoms with Crippen molar-refractivity contribution in [3.05, 3.63) is 53.9 Å². The van der Waals surface area contributed by atoms with E-state index in [1.54, 1.807) is 0 Å². The number of halogens is 4. The van der Waals surface area contributed by atoms with Crippen LogP contribution in [0.2, 0.25) is 0 Å². The molecule has 2 rings (SSSR count). The zero-order valence-corrected chi connectivity index (χ0v) is 14.1. The van der Waals surface area contributed by atoms with E-state index in [2.05, 4.69) is 9.97 Å². The summed E-state index contributed by atoms with van der Waals surface area (Å²) in [5.41, 5.74) is -0.382. The normalized spacial score (nSPS) is 13.9. The van der Waals surface area contributed by atoms with Crippen LogP contribution < -0.4 is 0 Å². The van der Waals surface area contributed by atoms with Gasteiger partial charge in [-0.25, -0.2) is 22.8 Å². The van der Waals surface area contributed by atoms with Crippen molar-refractivity contribution in [3.63, 3.8) is 0 Å². The summed E-state index contributed by atoms with van der Waals surface area (Å²) < 4.78 is 79.6. The van der Waals surface area contributed by atoms with Crippen molar-refractivity contribution in [1.82, 2.24) is 14.3 Å². The first-order valence-electron chi connectivity index (χ1n) is 7.20. The van der Waals surface area contributed by atoms with Crippen LogP contribution in [-0.2, 0) is 10.0 Å². The minimum absolute atomic E-state index is 0.285. The molecule has 5 nitrogen and oxygen atoms in total. The zero-order chi connectivity index (χ0) is 18.8. The fraction of sp³-hybridized carbons (Fsp3) is 0.333. The Hall–Kier alpha value is -2.07. The standard InChI is InChI=1S/C15H15F4N3O2S/c1-3-22(25(23,24)13-8-20-10(2)21-9-13)14(15(17,18)19)11-4-6-12(16)7-5-11/h4-9,14H,3H2,1-2H3. The third-order valence-corrected chi connectivity index (χ3v) is 5.35. The summed E-state index contributed by atoms with van der Waals surface area (Å²) in [5.74, 6) is -0.435. The number of hydrogen-bond donors (Lipinski definition) is 0. The van der Waals surface area contributed by atoms with Gasteiger partial charge in [0.1, 0.15) is 22.6 Å². The summed E-state index contributed by atoms with van der Waals surface area (Å²) in [7, 11) is -4.51. The second-order valence-corrected chi connectivity index (χ2v) is 7.06. The van der Waals surface area contributed by atoms with E-state index in [-0.39, 0.29) is 11.4 Å². The lowest BCUT2D eigenvalue weighted by molar-refractivity contribution is -0.173. The highest BCUT2D eigenvalue weighted by Gasteiger charge is 2.48. The van der Waals surface area contributed by atoms with Crippen molar-refractivity contribution in [1.29, 1.82) is 0 Å². The van der Waals surface area contributed by atoms with Gasteiger partial charge >= 0.3 is 6.18 Å². The molecule has 0 radical (unpaired) electrons. The Labute approximate surface area is 142 Å². The Kier molecular flexibility index (Phi) is 5.43. The van der Waals surface area contributed by atoms with Crippen molar-refractivity contribution < 1.29 is 26.0 Å². The molecule has 0 saturated heterocycles. The highest BCUT2D eigenvalue weighted by molar-refractivity contribution is 7.89. The molecule has 0 aliphatic carbocycles. The molecule has 1 aromatic heterocycles. The number of aryl methyl sites for hydroxylation is 1. The molecule has 0 saturated carbocycles. The van der Waals surface area contributed by atoms with Crippen LogP contribution in [0.3, 0.4) is 0 Å². The molecule has 0 bridgehead atoms. The average Bonchev–Trinajstić information content (AvgIpc) is 2.52. The van der Waals surface area contributed by atoms with Gasteiger partial charge in [-0.15, -0.1) is 0 Å². The van der Waals surface area contributed by atoms with Gasteiger partial charge in [-0.2, -0.15) is 17.5 Å². The second-order valence-electron chi connectivity index (χ2n) is 5.17. The van der Waals surface area contributed by atoms with E-state index in [9.17, 15) is 26.0 Å². The average molecular weight is 377 g/mol. The SMILES string of the molecule is CCN(C(c1ccc(F)cc1)C(F)(F)F)S(=O)(=O)c1cnc(C)nc1. The highest BCUT2D eigenvalue weighted by Crippen LogP contribution is 2.40. The van der Waals surface area contributed by atoms with Crippen LogP contribution in [0.25, 0.3) is 0 Å². The first kappa shape index (κ1) is 19.3. The van der Waals surface area contributed by atoms with Gasteiger partial charge in [-0.1, -0.05) is 19.1 Å². The number of aromatic nitrogens is 2. The minimum atomic E-state index is -4.90. The molecular formula is C15H15F4N3O2S. The largest absolute Gasteiger partial charge is 0.409 e. The number of benzene rings is 1. The smallest absolute Gasteiger partial charge is 0.240 e. The van der Waals surface area contributed by atoms with Gasteiger partial charge in [-0.05, 0) is 24.6 Å². The van der Waals surface area contributed by atoms with E-state index < -0.39 is 39.5 Å². The highest BCUT2D eigenvalue weighted by atomic mass is 32.2. The fourth-order valence-corrected chi connectivity index (χ4v) is 3.81. The van der Waals surface area contributed by atoms with Crippen LogP contribution in [0, 0.1) is 12.7 Å². The third kappa shape index (κ3) is 4.13. The van der Waals surface area contributed by atoms with E-state index in [1.807, 2.05) is 0 Å². The molecule has 1 atom stereocenters. The Balaban J connectivity index is 2.56. The molecule has 0 amide bonds. The monoisotopic (exact) mass is 377 g/mol. The lowest BCUT2D eigenvalue weighted by Gasteiger charge is -2.31. The number of sulfonamides is 1. The van der Waals surface area contributed by atoms with Crippen LogP contribution in [0.4, 0.5) is 17.6 Å². The molecule has 0 N–H and O–H groups in total. The topological polar surface area (TPSA) is 63.2 Å². The molecule has 25 heavy (non-hydrogen) atoms. The van der Waals surface area contributed by atoms with Crippen molar-refractivity contribution in [2.24, 2.45) is 0 Å². The molecule has 10 heteroatoms. The predicted octanol–water partition coefficient (Wildman–Crippen LogP) is 3.24. The van der Waals surface area contributed by atoms with Gasteiger partial charge in [0.2, 0.25) is 10.0 Å². The summed E-state index contributed by atoms with van der Waals surface area (Å²) in [5, 5.41) is 0. The third-order valence-electron chi connectivity index (χ3n) is 3.46. The number of rotatable bonds is 5. The first-order valence-corrected chi connectivity index (χ1v) is 8.64. The zero-order valence-electron chi connectivity index (χ0n) is 13.3. The molecule has 1 aromatic carbocycles. The summed E-state index contributed by atoms with van der Waals surface area (Å²) >= 11 is 0. The molecule has 0 fully saturated rings. The second kappa shape index (κ2) is 7.04. The minimum Gasteiger partial charge on any atom is -0.240 e. The van der Waals surface area contributed by atoms with E-state index in [0.29, 0.717) is 4.31 Å². The molecule has 1 unspecified atom stereocenters. The van der Waals surface area contributed by atoms with Gasteiger partial charge in [0.05, 0.1) is 12.4 Å². The van der Waals surface area contributed by atoms with E-state index in [0.717, 1.165) is 36.7 Å². The van der Waals surface area contributed by atoms with Crippen LogP contribution in [0.15, 0.2) is 41.6 Å². The molecule has 1 heterocycles. The molecular weight excluding hydrogens is 362 g/mol. The van der Waals surface area contributed by atoms with Crippen LogP contribution in [-0.4, -0.2) is 35.4 Å². The van der Waals surface area contributed by atoms with Crippen molar-refractivity contribution in [2.75, 3.05) is 6.54 Å². The Morgan fingerprint density at radius 1 is 1.12 bits per heavy atom. The van der Waals surface area contributed by atoms with E-state index in [4.69, 9.17) is 0 Å². The number of nitrogens with zero attached hydrogens (tertiary/aromatic N) is 3. The lowest BCUT2D eigenvalue weighted by atomic mass is 10.1. The van der Waals surface area contributed by atoms with Crippen LogP contribution in [0.1, 0.15) is 24.4 Å². The van der Waals surface area contributed by atoms with E-state index in [1.165, 1.54) is 13.8 Å². The molecule has 0 aliphatic heterocycles. The van der Waals surface area contributed by atoms with Gasteiger partial charge in [-0.3, -0.25) is 0 Å². The van der Waals surface area contributed by atoms with Gasteiger partial charge in [0.15, 0.2) is 0 Å². The quantitative estimate of drug-likeness (QED) is 0.751. The predicted molar refractivity (Wildman–Crippen MR) is 81.5 cm³/mol. The summed E-state index contributed by atoms with van der Waals surface area (Å²) in [6.45, 7) is 2.36.